The number of halogens is 3. The third kappa shape index (κ3) is 4.59. The van der Waals surface area contributed by atoms with Gasteiger partial charge in [-0.3, -0.25) is 9.69 Å². The molecule has 2 heterocycles. The zero-order valence-electron chi connectivity index (χ0n) is 17.3. The lowest BCUT2D eigenvalue weighted by atomic mass is 10.1. The van der Waals surface area contributed by atoms with Gasteiger partial charge in [0.05, 0.1) is 30.3 Å². The van der Waals surface area contributed by atoms with Crippen LogP contribution in [0.1, 0.15) is 21.8 Å². The molecule has 1 aliphatic heterocycles. The average molecular weight is 446 g/mol. The largest absolute Gasteiger partial charge is 0.496 e. The number of alkyl halides is 3. The number of para-hydroxylation sites is 1. The van der Waals surface area contributed by atoms with Gasteiger partial charge in [-0.05, 0) is 24.3 Å². The Morgan fingerprint density at radius 2 is 1.75 bits per heavy atom. The Morgan fingerprint density at radius 1 is 1.06 bits per heavy atom. The first-order chi connectivity index (χ1) is 15.4. The van der Waals surface area contributed by atoms with Gasteiger partial charge in [0, 0.05) is 26.2 Å². The normalized spacial score (nSPS) is 15.1. The number of amides is 1. The molecule has 2 aromatic carbocycles. The minimum atomic E-state index is -4.58. The molecule has 7 nitrogen and oxygen atoms in total. The average Bonchev–Trinajstić information content (AvgIpc) is 3.27. The highest BCUT2D eigenvalue weighted by Gasteiger charge is 2.36. The third-order valence-electron chi connectivity index (χ3n) is 5.30. The summed E-state index contributed by atoms with van der Waals surface area (Å²) < 4.78 is 50.4. The van der Waals surface area contributed by atoms with Crippen LogP contribution in [-0.4, -0.2) is 59.1 Å². The summed E-state index contributed by atoms with van der Waals surface area (Å²) in [5, 5.41) is 4.01. The number of piperazine rings is 1. The molecule has 1 amide bonds. The fourth-order valence-electron chi connectivity index (χ4n) is 3.65. The minimum absolute atomic E-state index is 0.304. The van der Waals surface area contributed by atoms with Crippen molar-refractivity contribution in [3.8, 4) is 17.1 Å². The fourth-order valence-corrected chi connectivity index (χ4v) is 3.65. The van der Waals surface area contributed by atoms with Gasteiger partial charge in [-0.1, -0.05) is 29.4 Å². The van der Waals surface area contributed by atoms with Crippen LogP contribution in [0.4, 0.5) is 13.2 Å². The summed E-state index contributed by atoms with van der Waals surface area (Å²) in [4.78, 5) is 20.6. The number of aromatic nitrogens is 2. The maximum Gasteiger partial charge on any atom is 0.417 e. The summed E-state index contributed by atoms with van der Waals surface area (Å²) >= 11 is 0. The molecular weight excluding hydrogens is 425 g/mol. The van der Waals surface area contributed by atoms with Gasteiger partial charge in [-0.25, -0.2) is 0 Å². The topological polar surface area (TPSA) is 71.7 Å². The molecule has 32 heavy (non-hydrogen) atoms. The van der Waals surface area contributed by atoms with E-state index in [-0.39, 0.29) is 5.56 Å². The molecule has 0 aliphatic carbocycles. The zero-order valence-corrected chi connectivity index (χ0v) is 17.3. The van der Waals surface area contributed by atoms with E-state index >= 15 is 0 Å². The lowest BCUT2D eigenvalue weighted by molar-refractivity contribution is -0.138. The maximum absolute atomic E-state index is 13.2. The Labute approximate surface area is 182 Å². The highest BCUT2D eigenvalue weighted by molar-refractivity contribution is 5.96. The van der Waals surface area contributed by atoms with Gasteiger partial charge in [-0.2, -0.15) is 18.2 Å². The molecule has 3 aromatic rings. The second-order valence-electron chi connectivity index (χ2n) is 7.32. The van der Waals surface area contributed by atoms with E-state index in [1.54, 1.807) is 13.2 Å². The van der Waals surface area contributed by atoms with E-state index < -0.39 is 17.6 Å². The van der Waals surface area contributed by atoms with Crippen molar-refractivity contribution in [3.05, 3.63) is 65.5 Å². The summed E-state index contributed by atoms with van der Waals surface area (Å²) in [5.41, 5.74) is -0.530. The van der Waals surface area contributed by atoms with Gasteiger partial charge < -0.3 is 14.2 Å². The molecule has 168 valence electrons. The predicted octanol–water partition coefficient (Wildman–Crippen LogP) is 3.72. The number of hydrogen-bond acceptors (Lipinski definition) is 6. The Morgan fingerprint density at radius 3 is 2.47 bits per heavy atom. The van der Waals surface area contributed by atoms with Gasteiger partial charge >= 0.3 is 6.18 Å². The molecule has 0 bridgehead atoms. The number of carbonyl (C=O) groups excluding carboxylic acids is 1. The summed E-state index contributed by atoms with van der Waals surface area (Å²) in [7, 11) is 1.56. The molecule has 0 spiro atoms. The van der Waals surface area contributed by atoms with E-state index in [1.807, 2.05) is 23.1 Å². The first-order valence-electron chi connectivity index (χ1n) is 10.0. The molecule has 0 N–H and O–H groups in total. The zero-order chi connectivity index (χ0) is 22.7. The molecular formula is C22H21F3N4O3. The summed E-state index contributed by atoms with van der Waals surface area (Å²) in [5.74, 6) is 0.836. The molecule has 0 unspecified atom stereocenters. The molecule has 1 fully saturated rings. The van der Waals surface area contributed by atoms with Crippen LogP contribution < -0.4 is 4.74 Å². The van der Waals surface area contributed by atoms with Crippen molar-refractivity contribution in [3.63, 3.8) is 0 Å². The van der Waals surface area contributed by atoms with Crippen molar-refractivity contribution in [2.75, 3.05) is 33.3 Å². The highest BCUT2D eigenvalue weighted by atomic mass is 19.4. The Hall–Kier alpha value is -3.40. The van der Waals surface area contributed by atoms with Crippen molar-refractivity contribution in [2.45, 2.75) is 12.7 Å². The second kappa shape index (κ2) is 8.99. The summed E-state index contributed by atoms with van der Waals surface area (Å²) in [6, 6.07) is 12.2. The van der Waals surface area contributed by atoms with E-state index in [1.165, 1.54) is 23.1 Å². The molecule has 1 aliphatic rings. The van der Waals surface area contributed by atoms with Crippen molar-refractivity contribution < 1.29 is 27.2 Å². The van der Waals surface area contributed by atoms with Crippen LogP contribution in [0.15, 0.2) is 53.1 Å². The molecule has 1 saturated heterocycles. The van der Waals surface area contributed by atoms with Crippen molar-refractivity contribution in [1.82, 2.24) is 19.9 Å². The SMILES string of the molecule is COc1ccccc1-c1noc(CN2CCN(C(=O)c3ccccc3C(F)(F)F)CC2)n1. The number of carbonyl (C=O) groups is 1. The first kappa shape index (κ1) is 21.8. The number of methoxy groups -OCH3 is 1. The lowest BCUT2D eigenvalue weighted by Crippen LogP contribution is -2.48. The molecule has 1 aromatic heterocycles. The summed E-state index contributed by atoms with van der Waals surface area (Å²) in [6.07, 6.45) is -4.58. The molecule has 0 atom stereocenters. The molecule has 10 heteroatoms. The van der Waals surface area contributed by atoms with Crippen LogP contribution in [0, 0.1) is 0 Å². The number of hydrogen-bond donors (Lipinski definition) is 0. The fraction of sp³-hybridized carbons (Fsp3) is 0.318. The van der Waals surface area contributed by atoms with E-state index in [2.05, 4.69) is 10.1 Å². The van der Waals surface area contributed by atoms with Gasteiger partial charge in [0.2, 0.25) is 11.7 Å². The van der Waals surface area contributed by atoms with Crippen LogP contribution in [0.3, 0.4) is 0 Å². The Balaban J connectivity index is 1.38. The van der Waals surface area contributed by atoms with Crippen molar-refractivity contribution in [2.24, 2.45) is 0 Å². The molecule has 0 radical (unpaired) electrons. The van der Waals surface area contributed by atoms with Crippen molar-refractivity contribution >= 4 is 5.91 Å². The number of ether oxygens (including phenoxy) is 1. The van der Waals surface area contributed by atoms with Crippen LogP contribution in [0.5, 0.6) is 5.75 Å². The molecule has 4 rings (SSSR count). The number of rotatable bonds is 5. The quantitative estimate of drug-likeness (QED) is 0.595. The maximum atomic E-state index is 13.2. The smallest absolute Gasteiger partial charge is 0.417 e. The van der Waals surface area contributed by atoms with Crippen LogP contribution in [0.2, 0.25) is 0 Å². The third-order valence-corrected chi connectivity index (χ3v) is 5.30. The predicted molar refractivity (Wildman–Crippen MR) is 109 cm³/mol. The van der Waals surface area contributed by atoms with Gasteiger partial charge in [0.1, 0.15) is 5.75 Å². The van der Waals surface area contributed by atoms with E-state index in [0.29, 0.717) is 55.8 Å². The van der Waals surface area contributed by atoms with Gasteiger partial charge in [0.25, 0.3) is 5.91 Å². The van der Waals surface area contributed by atoms with E-state index in [0.717, 1.165) is 6.07 Å². The van der Waals surface area contributed by atoms with E-state index in [4.69, 9.17) is 9.26 Å². The first-order valence-corrected chi connectivity index (χ1v) is 10.0. The minimum Gasteiger partial charge on any atom is -0.496 e. The number of nitrogens with zero attached hydrogens (tertiary/aromatic N) is 4. The summed E-state index contributed by atoms with van der Waals surface area (Å²) in [6.45, 7) is 1.94. The van der Waals surface area contributed by atoms with Gasteiger partial charge in [0.15, 0.2) is 0 Å². The molecule has 0 saturated carbocycles. The van der Waals surface area contributed by atoms with Crippen LogP contribution in [0.25, 0.3) is 11.4 Å². The highest BCUT2D eigenvalue weighted by Crippen LogP contribution is 2.32. The van der Waals surface area contributed by atoms with Gasteiger partial charge in [-0.15, -0.1) is 0 Å². The monoisotopic (exact) mass is 446 g/mol. The van der Waals surface area contributed by atoms with Crippen LogP contribution in [-0.2, 0) is 12.7 Å². The van der Waals surface area contributed by atoms with Crippen molar-refractivity contribution in [1.29, 1.82) is 0 Å². The lowest BCUT2D eigenvalue weighted by Gasteiger charge is -2.34. The Bertz CT molecular complexity index is 1090. The Kier molecular flexibility index (Phi) is 6.13. The second-order valence-corrected chi connectivity index (χ2v) is 7.32. The van der Waals surface area contributed by atoms with Crippen LogP contribution >= 0.6 is 0 Å². The van der Waals surface area contributed by atoms with E-state index in [9.17, 15) is 18.0 Å². The standard InChI is InChI=1S/C22H21F3N4O3/c1-31-18-9-5-3-7-16(18)20-26-19(32-27-20)14-28-10-12-29(13-11-28)21(30)15-6-2-4-8-17(15)22(23,24)25/h2-9H,10-14H2,1H3. The number of benzene rings is 2.